The van der Waals surface area contributed by atoms with Crippen LogP contribution in [0, 0.1) is 12.7 Å². The zero-order chi connectivity index (χ0) is 19.5. The van der Waals surface area contributed by atoms with E-state index < -0.39 is 16.1 Å². The minimum absolute atomic E-state index is 0.179. The molecule has 0 radical (unpaired) electrons. The van der Waals surface area contributed by atoms with Crippen LogP contribution >= 0.6 is 0 Å². The molecule has 0 bridgehead atoms. The average molecular weight is 379 g/mol. The molecule has 0 aliphatic heterocycles. The van der Waals surface area contributed by atoms with Crippen molar-refractivity contribution in [1.29, 1.82) is 0 Å². The molecule has 140 valence electrons. The molecule has 1 amide bonds. The molecule has 1 atom stereocenters. The van der Waals surface area contributed by atoms with Crippen molar-refractivity contribution < 1.29 is 17.6 Å². The van der Waals surface area contributed by atoms with Gasteiger partial charge in [-0.3, -0.25) is 4.79 Å². The van der Waals surface area contributed by atoms with Gasteiger partial charge in [0.2, 0.25) is 15.9 Å². The number of halogens is 1. The van der Waals surface area contributed by atoms with Crippen molar-refractivity contribution in [3.05, 3.63) is 53.8 Å². The molecule has 26 heavy (non-hydrogen) atoms. The predicted molar refractivity (Wildman–Crippen MR) is 100 cm³/mol. The molecule has 6 nitrogen and oxygen atoms in total. The Bertz CT molecular complexity index is 896. The Balaban J connectivity index is 2.15. The number of anilines is 2. The largest absolute Gasteiger partial charge is 0.374 e. The van der Waals surface area contributed by atoms with Crippen LogP contribution < -0.4 is 10.6 Å². The fourth-order valence-electron chi connectivity index (χ4n) is 2.26. The first-order chi connectivity index (χ1) is 12.1. The van der Waals surface area contributed by atoms with Gasteiger partial charge in [0.15, 0.2) is 0 Å². The molecular weight excluding hydrogens is 357 g/mol. The van der Waals surface area contributed by atoms with E-state index in [0.29, 0.717) is 16.9 Å². The van der Waals surface area contributed by atoms with Crippen molar-refractivity contribution in [1.82, 2.24) is 4.31 Å². The lowest BCUT2D eigenvalue weighted by molar-refractivity contribution is -0.116. The van der Waals surface area contributed by atoms with E-state index in [9.17, 15) is 17.6 Å². The number of hydrogen-bond acceptors (Lipinski definition) is 4. The molecule has 0 fully saturated rings. The average Bonchev–Trinajstić information content (AvgIpc) is 2.58. The Labute approximate surface area is 153 Å². The van der Waals surface area contributed by atoms with Crippen molar-refractivity contribution in [3.63, 3.8) is 0 Å². The maximum absolute atomic E-state index is 12.9. The molecule has 0 aliphatic rings. The number of sulfonamides is 1. The number of nitrogens with one attached hydrogen (secondary N) is 2. The van der Waals surface area contributed by atoms with E-state index in [4.69, 9.17) is 0 Å². The van der Waals surface area contributed by atoms with Gasteiger partial charge in [0.05, 0.1) is 4.90 Å². The molecule has 0 unspecified atom stereocenters. The lowest BCUT2D eigenvalue weighted by atomic mass is 10.2. The molecule has 0 saturated heterocycles. The maximum atomic E-state index is 12.9. The Morgan fingerprint density at radius 2 is 1.65 bits per heavy atom. The van der Waals surface area contributed by atoms with Crippen LogP contribution in [-0.2, 0) is 14.8 Å². The number of nitrogens with zero attached hydrogens (tertiary/aromatic N) is 1. The van der Waals surface area contributed by atoms with Crippen LogP contribution in [0.15, 0.2) is 47.4 Å². The van der Waals surface area contributed by atoms with Crippen LogP contribution in [0.4, 0.5) is 15.8 Å². The summed E-state index contributed by atoms with van der Waals surface area (Å²) in [5, 5.41) is 5.65. The number of aryl methyl sites for hydroxylation is 1. The van der Waals surface area contributed by atoms with E-state index in [1.54, 1.807) is 26.0 Å². The molecule has 0 saturated carbocycles. The van der Waals surface area contributed by atoms with Crippen LogP contribution in [0.1, 0.15) is 12.5 Å². The number of hydrogen-bond donors (Lipinski definition) is 2. The normalized spacial score (nSPS) is 12.7. The van der Waals surface area contributed by atoms with Gasteiger partial charge in [0.25, 0.3) is 0 Å². The molecule has 2 rings (SSSR count). The highest BCUT2D eigenvalue weighted by molar-refractivity contribution is 7.89. The third-order valence-corrected chi connectivity index (χ3v) is 5.79. The summed E-state index contributed by atoms with van der Waals surface area (Å²) in [5.74, 6) is -0.711. The minimum Gasteiger partial charge on any atom is -0.374 e. The Hall–Kier alpha value is -2.45. The summed E-state index contributed by atoms with van der Waals surface area (Å²) in [4.78, 5) is 12.4. The maximum Gasteiger partial charge on any atom is 0.246 e. The fraction of sp³-hybridized carbons (Fsp3) is 0.278. The zero-order valence-electron chi connectivity index (χ0n) is 15.1. The summed E-state index contributed by atoms with van der Waals surface area (Å²) in [5.41, 5.74) is 1.61. The quantitative estimate of drug-likeness (QED) is 0.809. The van der Waals surface area contributed by atoms with E-state index in [0.717, 1.165) is 4.31 Å². The predicted octanol–water partition coefficient (Wildman–Crippen LogP) is 2.82. The van der Waals surface area contributed by atoms with E-state index in [1.807, 2.05) is 0 Å². The lowest BCUT2D eigenvalue weighted by Crippen LogP contribution is -2.32. The summed E-state index contributed by atoms with van der Waals surface area (Å²) < 4.78 is 38.8. The molecule has 8 heteroatoms. The lowest BCUT2D eigenvalue weighted by Gasteiger charge is -2.18. The molecule has 0 aromatic heterocycles. The first kappa shape index (κ1) is 19.9. The van der Waals surface area contributed by atoms with Gasteiger partial charge in [-0.2, -0.15) is 0 Å². The second kappa shape index (κ2) is 7.84. The van der Waals surface area contributed by atoms with Gasteiger partial charge in [-0.1, -0.05) is 6.07 Å². The van der Waals surface area contributed by atoms with Crippen molar-refractivity contribution in [3.8, 4) is 0 Å². The highest BCUT2D eigenvalue weighted by Gasteiger charge is 2.21. The third kappa shape index (κ3) is 4.59. The summed E-state index contributed by atoms with van der Waals surface area (Å²) in [6.07, 6.45) is 0. The van der Waals surface area contributed by atoms with E-state index in [2.05, 4.69) is 10.6 Å². The Morgan fingerprint density at radius 1 is 1.08 bits per heavy atom. The number of amides is 1. The van der Waals surface area contributed by atoms with Crippen molar-refractivity contribution in [2.24, 2.45) is 0 Å². The standard InChI is InChI=1S/C18H22FN3O3S/c1-12-5-8-16(11-17(12)26(24,25)22(3)4)20-13(2)18(23)21-15-9-6-14(19)7-10-15/h5-11,13,20H,1-4H3,(H,21,23)/t13-/m1/s1. The monoisotopic (exact) mass is 379 g/mol. The van der Waals surface area contributed by atoms with Gasteiger partial charge < -0.3 is 10.6 Å². The third-order valence-electron chi connectivity index (χ3n) is 3.83. The van der Waals surface area contributed by atoms with Gasteiger partial charge in [0.1, 0.15) is 11.9 Å². The molecule has 2 aromatic rings. The van der Waals surface area contributed by atoms with Crippen molar-refractivity contribution in [2.45, 2.75) is 24.8 Å². The van der Waals surface area contributed by atoms with Gasteiger partial charge in [-0.05, 0) is 55.8 Å². The van der Waals surface area contributed by atoms with Crippen LogP contribution in [0.25, 0.3) is 0 Å². The topological polar surface area (TPSA) is 78.5 Å². The summed E-state index contributed by atoms with van der Waals surface area (Å²) in [6.45, 7) is 3.36. The summed E-state index contributed by atoms with van der Waals surface area (Å²) >= 11 is 0. The van der Waals surface area contributed by atoms with Crippen LogP contribution in [-0.4, -0.2) is 38.8 Å². The number of carbonyl (C=O) groups is 1. The fourth-order valence-corrected chi connectivity index (χ4v) is 3.41. The van der Waals surface area contributed by atoms with E-state index in [1.165, 1.54) is 44.4 Å². The SMILES string of the molecule is Cc1ccc(N[C@H](C)C(=O)Nc2ccc(F)cc2)cc1S(=O)(=O)N(C)C. The second-order valence-electron chi connectivity index (χ2n) is 6.13. The van der Waals surface area contributed by atoms with Crippen LogP contribution in [0.5, 0.6) is 0 Å². The van der Waals surface area contributed by atoms with Crippen molar-refractivity contribution in [2.75, 3.05) is 24.7 Å². The number of carbonyl (C=O) groups excluding carboxylic acids is 1. The first-order valence-electron chi connectivity index (χ1n) is 7.97. The Morgan fingerprint density at radius 3 is 2.23 bits per heavy atom. The highest BCUT2D eigenvalue weighted by atomic mass is 32.2. The van der Waals surface area contributed by atoms with E-state index in [-0.39, 0.29) is 16.6 Å². The number of rotatable bonds is 6. The number of benzene rings is 2. The van der Waals surface area contributed by atoms with Crippen LogP contribution in [0.3, 0.4) is 0 Å². The molecule has 2 N–H and O–H groups in total. The van der Waals surface area contributed by atoms with Gasteiger partial charge in [-0.15, -0.1) is 0 Å². The molecule has 2 aromatic carbocycles. The smallest absolute Gasteiger partial charge is 0.246 e. The second-order valence-corrected chi connectivity index (χ2v) is 8.25. The molecule has 0 spiro atoms. The van der Waals surface area contributed by atoms with Crippen LogP contribution in [0.2, 0.25) is 0 Å². The Kier molecular flexibility index (Phi) is 5.99. The minimum atomic E-state index is -3.58. The molecule has 0 heterocycles. The van der Waals surface area contributed by atoms with Gasteiger partial charge >= 0.3 is 0 Å². The first-order valence-corrected chi connectivity index (χ1v) is 9.41. The molecular formula is C18H22FN3O3S. The molecule has 0 aliphatic carbocycles. The van der Waals surface area contributed by atoms with Gasteiger partial charge in [-0.25, -0.2) is 17.1 Å². The summed E-state index contributed by atoms with van der Waals surface area (Å²) in [6, 6.07) is 9.72. The zero-order valence-corrected chi connectivity index (χ0v) is 15.9. The summed E-state index contributed by atoms with van der Waals surface area (Å²) in [7, 11) is -0.650. The van der Waals surface area contributed by atoms with Crippen molar-refractivity contribution >= 4 is 27.3 Å². The van der Waals surface area contributed by atoms with E-state index >= 15 is 0 Å². The highest BCUT2D eigenvalue weighted by Crippen LogP contribution is 2.23. The van der Waals surface area contributed by atoms with Gasteiger partial charge in [0, 0.05) is 25.5 Å².